The Bertz CT molecular complexity index is 588. The van der Waals surface area contributed by atoms with Crippen molar-refractivity contribution in [2.75, 3.05) is 22.5 Å². The zero-order valence-corrected chi connectivity index (χ0v) is 15.5. The molecule has 2 aliphatic rings. The number of nitrogens with one attached hydrogen (secondary N) is 1. The number of unbranched alkanes of at least 4 members (excludes halogenated alkanes) is 1. The van der Waals surface area contributed by atoms with Gasteiger partial charge in [0, 0.05) is 41.8 Å². The first-order valence-electron chi connectivity index (χ1n) is 8.71. The molecule has 1 N–H and O–H groups in total. The molecule has 2 saturated heterocycles. The molecule has 3 rings (SSSR count). The molecule has 1 unspecified atom stereocenters. The van der Waals surface area contributed by atoms with Gasteiger partial charge < -0.3 is 10.2 Å². The van der Waals surface area contributed by atoms with Crippen LogP contribution in [-0.2, 0) is 9.59 Å². The summed E-state index contributed by atoms with van der Waals surface area (Å²) >= 11 is 0. The fraction of sp³-hybridized carbons (Fsp3) is 0.556. The predicted molar refractivity (Wildman–Crippen MR) is 104 cm³/mol. The Hall–Kier alpha value is -1.14. The first-order chi connectivity index (χ1) is 11.7. The maximum atomic E-state index is 12.1. The third-order valence-corrected chi connectivity index (χ3v) is 7.43. The van der Waals surface area contributed by atoms with Gasteiger partial charge in [-0.25, -0.2) is 0 Å². The minimum Gasteiger partial charge on any atom is -0.326 e. The lowest BCUT2D eigenvalue weighted by molar-refractivity contribution is -0.117. The standard InChI is InChI=1S/C18H24N2O2S2/c21-17(8-2-1-7-16-10-12-23-24-16)19-14-5-3-6-15(13-14)20-11-4-9-18(20)22/h3,5-6,13,16H,1-2,4,7-12H2,(H,19,21). The topological polar surface area (TPSA) is 49.4 Å². The lowest BCUT2D eigenvalue weighted by Crippen LogP contribution is -2.23. The fourth-order valence-electron chi connectivity index (χ4n) is 3.12. The Morgan fingerprint density at radius 1 is 1.33 bits per heavy atom. The molecule has 6 heteroatoms. The molecule has 2 fully saturated rings. The molecule has 1 aromatic carbocycles. The van der Waals surface area contributed by atoms with E-state index < -0.39 is 0 Å². The van der Waals surface area contributed by atoms with Crippen LogP contribution in [0.25, 0.3) is 0 Å². The molecule has 0 spiro atoms. The van der Waals surface area contributed by atoms with Gasteiger partial charge in [-0.15, -0.1) is 0 Å². The molecule has 2 heterocycles. The van der Waals surface area contributed by atoms with Crippen LogP contribution in [0.2, 0.25) is 0 Å². The van der Waals surface area contributed by atoms with E-state index in [0.717, 1.165) is 42.4 Å². The second-order valence-corrected chi connectivity index (χ2v) is 9.11. The van der Waals surface area contributed by atoms with Gasteiger partial charge in [-0.1, -0.05) is 34.1 Å². The summed E-state index contributed by atoms with van der Waals surface area (Å²) in [6.45, 7) is 0.772. The number of nitrogens with zero attached hydrogens (tertiary/aromatic N) is 1. The first-order valence-corrected chi connectivity index (χ1v) is 11.1. The van der Waals surface area contributed by atoms with Gasteiger partial charge in [0.2, 0.25) is 11.8 Å². The Morgan fingerprint density at radius 2 is 2.25 bits per heavy atom. The van der Waals surface area contributed by atoms with Crippen LogP contribution in [0, 0.1) is 0 Å². The van der Waals surface area contributed by atoms with Gasteiger partial charge in [-0.2, -0.15) is 0 Å². The van der Waals surface area contributed by atoms with Gasteiger partial charge in [-0.05, 0) is 43.9 Å². The molecule has 1 atom stereocenters. The minimum atomic E-state index is 0.0633. The summed E-state index contributed by atoms with van der Waals surface area (Å²) in [5, 5.41) is 3.75. The molecule has 4 nitrogen and oxygen atoms in total. The summed E-state index contributed by atoms with van der Waals surface area (Å²) in [6, 6.07) is 7.60. The van der Waals surface area contributed by atoms with Gasteiger partial charge in [0.05, 0.1) is 0 Å². The molecule has 0 aromatic heterocycles. The van der Waals surface area contributed by atoms with E-state index in [1.165, 1.54) is 18.6 Å². The number of carbonyl (C=O) groups is 2. The number of benzene rings is 1. The molecule has 0 bridgehead atoms. The minimum absolute atomic E-state index is 0.0633. The van der Waals surface area contributed by atoms with Crippen molar-refractivity contribution in [2.45, 2.75) is 50.2 Å². The molecule has 2 aliphatic heterocycles. The van der Waals surface area contributed by atoms with Crippen LogP contribution in [0.1, 0.15) is 44.9 Å². The van der Waals surface area contributed by atoms with Crippen molar-refractivity contribution in [3.8, 4) is 0 Å². The zero-order valence-electron chi connectivity index (χ0n) is 13.8. The molecule has 24 heavy (non-hydrogen) atoms. The van der Waals surface area contributed by atoms with Gasteiger partial charge in [-0.3, -0.25) is 9.59 Å². The largest absolute Gasteiger partial charge is 0.326 e. The summed E-state index contributed by atoms with van der Waals surface area (Å²) in [6.07, 6.45) is 6.69. The van der Waals surface area contributed by atoms with Crippen LogP contribution >= 0.6 is 21.6 Å². The van der Waals surface area contributed by atoms with Crippen molar-refractivity contribution in [3.63, 3.8) is 0 Å². The van der Waals surface area contributed by atoms with Crippen LogP contribution in [0.5, 0.6) is 0 Å². The monoisotopic (exact) mass is 364 g/mol. The van der Waals surface area contributed by atoms with Gasteiger partial charge in [0.15, 0.2) is 0 Å². The van der Waals surface area contributed by atoms with E-state index in [4.69, 9.17) is 0 Å². The van der Waals surface area contributed by atoms with E-state index >= 15 is 0 Å². The van der Waals surface area contributed by atoms with Gasteiger partial charge in [0.1, 0.15) is 0 Å². The maximum absolute atomic E-state index is 12.1. The molecule has 0 saturated carbocycles. The summed E-state index contributed by atoms with van der Waals surface area (Å²) in [5.41, 5.74) is 1.66. The average Bonchev–Trinajstić information content (AvgIpc) is 3.23. The Kier molecular flexibility index (Phi) is 6.49. The zero-order chi connectivity index (χ0) is 16.8. The summed E-state index contributed by atoms with van der Waals surface area (Å²) in [7, 11) is 3.97. The SMILES string of the molecule is O=C(CCCCC1CCSS1)Nc1cccc(N2CCCC2=O)c1. The van der Waals surface area contributed by atoms with Crippen LogP contribution < -0.4 is 10.2 Å². The predicted octanol–water partition coefficient (Wildman–Crippen LogP) is 4.47. The quantitative estimate of drug-likeness (QED) is 0.573. The first kappa shape index (κ1) is 17.7. The second-order valence-electron chi connectivity index (χ2n) is 6.32. The molecule has 0 aliphatic carbocycles. The number of hydrogen-bond acceptors (Lipinski definition) is 4. The average molecular weight is 365 g/mol. The van der Waals surface area contributed by atoms with Crippen molar-refractivity contribution in [1.82, 2.24) is 0 Å². The van der Waals surface area contributed by atoms with Crippen LogP contribution in [0.4, 0.5) is 11.4 Å². The fourth-order valence-corrected chi connectivity index (χ4v) is 6.15. The van der Waals surface area contributed by atoms with Crippen molar-refractivity contribution in [3.05, 3.63) is 24.3 Å². The second kappa shape index (κ2) is 8.81. The van der Waals surface area contributed by atoms with Crippen molar-refractivity contribution >= 4 is 44.8 Å². The van der Waals surface area contributed by atoms with Crippen LogP contribution in [0.3, 0.4) is 0 Å². The van der Waals surface area contributed by atoms with E-state index in [9.17, 15) is 9.59 Å². The van der Waals surface area contributed by atoms with Crippen molar-refractivity contribution in [2.24, 2.45) is 0 Å². The molecular formula is C18H24N2O2S2. The number of carbonyl (C=O) groups excluding carboxylic acids is 2. The van der Waals surface area contributed by atoms with E-state index in [2.05, 4.69) is 5.32 Å². The smallest absolute Gasteiger partial charge is 0.227 e. The van der Waals surface area contributed by atoms with E-state index in [1.807, 2.05) is 45.9 Å². The molecule has 1 aromatic rings. The van der Waals surface area contributed by atoms with Crippen molar-refractivity contribution in [1.29, 1.82) is 0 Å². The molecular weight excluding hydrogens is 340 g/mol. The number of rotatable bonds is 7. The number of amides is 2. The molecule has 0 radical (unpaired) electrons. The highest BCUT2D eigenvalue weighted by Crippen LogP contribution is 2.39. The van der Waals surface area contributed by atoms with Crippen LogP contribution in [-0.4, -0.2) is 29.4 Å². The van der Waals surface area contributed by atoms with Crippen LogP contribution in [0.15, 0.2) is 24.3 Å². The highest BCUT2D eigenvalue weighted by molar-refractivity contribution is 8.77. The summed E-state index contributed by atoms with van der Waals surface area (Å²) < 4.78 is 0. The lowest BCUT2D eigenvalue weighted by Gasteiger charge is -2.16. The van der Waals surface area contributed by atoms with E-state index in [-0.39, 0.29) is 11.8 Å². The number of hydrogen-bond donors (Lipinski definition) is 1. The lowest BCUT2D eigenvalue weighted by atomic mass is 10.1. The third-order valence-electron chi connectivity index (χ3n) is 4.42. The number of anilines is 2. The highest BCUT2D eigenvalue weighted by Gasteiger charge is 2.21. The van der Waals surface area contributed by atoms with E-state index in [0.29, 0.717) is 12.8 Å². The Balaban J connectivity index is 1.43. The van der Waals surface area contributed by atoms with Gasteiger partial charge >= 0.3 is 0 Å². The van der Waals surface area contributed by atoms with Crippen molar-refractivity contribution < 1.29 is 9.59 Å². The normalized spacial score (nSPS) is 20.6. The Labute approximate surface area is 151 Å². The van der Waals surface area contributed by atoms with E-state index in [1.54, 1.807) is 4.90 Å². The maximum Gasteiger partial charge on any atom is 0.227 e. The summed E-state index contributed by atoms with van der Waals surface area (Å²) in [5.74, 6) is 1.50. The molecule has 130 valence electrons. The van der Waals surface area contributed by atoms with Gasteiger partial charge in [0.25, 0.3) is 0 Å². The molecule has 2 amide bonds. The Morgan fingerprint density at radius 3 is 3.00 bits per heavy atom. The summed E-state index contributed by atoms with van der Waals surface area (Å²) in [4.78, 5) is 25.7. The third kappa shape index (κ3) is 4.93. The highest BCUT2D eigenvalue weighted by atomic mass is 33.1.